The van der Waals surface area contributed by atoms with Gasteiger partial charge in [0, 0.05) is 12.3 Å². The van der Waals surface area contributed by atoms with E-state index >= 15 is 0 Å². The third kappa shape index (κ3) is 5.69. The third-order valence-corrected chi connectivity index (χ3v) is 5.67. The van der Waals surface area contributed by atoms with E-state index in [-0.39, 0.29) is 6.61 Å². The number of aryl methyl sites for hydroxylation is 1. The van der Waals surface area contributed by atoms with Crippen LogP contribution < -0.4 is 9.47 Å². The largest absolute Gasteiger partial charge is 0.493 e. The average Bonchev–Trinajstić information content (AvgIpc) is 3.37. The van der Waals surface area contributed by atoms with Crippen molar-refractivity contribution in [3.05, 3.63) is 54.5 Å². The Morgan fingerprint density at radius 2 is 2.03 bits per heavy atom. The van der Waals surface area contributed by atoms with E-state index < -0.39 is 6.10 Å². The highest BCUT2D eigenvalue weighted by atomic mass is 32.2. The summed E-state index contributed by atoms with van der Waals surface area (Å²) >= 11 is 1.42. The second-order valence-corrected chi connectivity index (χ2v) is 7.75. The normalized spacial score (nSPS) is 12.0. The van der Waals surface area contributed by atoms with Crippen LogP contribution in [0.15, 0.2) is 52.8 Å². The smallest absolute Gasteiger partial charge is 0.191 e. The highest BCUT2D eigenvalue weighted by Gasteiger charge is 2.18. The van der Waals surface area contributed by atoms with Gasteiger partial charge in [-0.05, 0) is 30.7 Å². The Morgan fingerprint density at radius 1 is 1.23 bits per heavy atom. The van der Waals surface area contributed by atoms with Gasteiger partial charge in [-0.3, -0.25) is 4.57 Å². The van der Waals surface area contributed by atoms with Gasteiger partial charge in [0.25, 0.3) is 0 Å². The zero-order valence-corrected chi connectivity index (χ0v) is 18.7. The fourth-order valence-electron chi connectivity index (χ4n) is 3.01. The topological polar surface area (TPSA) is 91.8 Å². The summed E-state index contributed by atoms with van der Waals surface area (Å²) in [5, 5.41) is 19.6. The number of benzene rings is 1. The molecule has 3 rings (SSSR count). The highest BCUT2D eigenvalue weighted by molar-refractivity contribution is 7.99. The summed E-state index contributed by atoms with van der Waals surface area (Å²) in [5.74, 6) is 3.22. The Labute approximate surface area is 185 Å². The molecule has 1 N–H and O–H groups in total. The van der Waals surface area contributed by atoms with Crippen LogP contribution in [0.1, 0.15) is 11.3 Å². The van der Waals surface area contributed by atoms with E-state index in [1.165, 1.54) is 11.8 Å². The number of aromatic nitrogens is 3. The van der Waals surface area contributed by atoms with Crippen molar-refractivity contribution in [3.8, 4) is 22.9 Å². The van der Waals surface area contributed by atoms with E-state index in [1.54, 1.807) is 26.6 Å². The van der Waals surface area contributed by atoms with Gasteiger partial charge >= 0.3 is 0 Å². The molecule has 2 heterocycles. The molecule has 0 aliphatic heterocycles. The van der Waals surface area contributed by atoms with Crippen molar-refractivity contribution in [3.63, 3.8) is 0 Å². The number of hydrogen-bond donors (Lipinski definition) is 1. The number of ether oxygens (including phenoxy) is 3. The molecule has 0 fully saturated rings. The van der Waals surface area contributed by atoms with Crippen LogP contribution >= 0.6 is 11.8 Å². The molecule has 0 radical (unpaired) electrons. The van der Waals surface area contributed by atoms with Crippen LogP contribution in [0.3, 0.4) is 0 Å². The van der Waals surface area contributed by atoms with E-state index in [4.69, 9.17) is 18.6 Å². The molecule has 1 atom stereocenters. The minimum absolute atomic E-state index is 0.199. The Bertz CT molecular complexity index is 1000. The molecule has 31 heavy (non-hydrogen) atoms. The van der Waals surface area contributed by atoms with Crippen molar-refractivity contribution in [1.82, 2.24) is 14.8 Å². The lowest BCUT2D eigenvalue weighted by atomic mass is 10.2. The fourth-order valence-corrected chi connectivity index (χ4v) is 3.86. The summed E-state index contributed by atoms with van der Waals surface area (Å²) in [4.78, 5) is 0. The molecule has 8 nitrogen and oxygen atoms in total. The summed E-state index contributed by atoms with van der Waals surface area (Å²) in [5.41, 5.74) is 1.82. The summed E-state index contributed by atoms with van der Waals surface area (Å²) in [6.07, 6.45) is 2.76. The van der Waals surface area contributed by atoms with Gasteiger partial charge in [-0.15, -0.1) is 16.8 Å². The molecule has 9 heteroatoms. The quantitative estimate of drug-likeness (QED) is 0.333. The zero-order chi connectivity index (χ0) is 22.2. The maximum Gasteiger partial charge on any atom is 0.191 e. The lowest BCUT2D eigenvalue weighted by molar-refractivity contribution is 0.0397. The summed E-state index contributed by atoms with van der Waals surface area (Å²) < 4.78 is 23.5. The predicted molar refractivity (Wildman–Crippen MR) is 119 cm³/mol. The van der Waals surface area contributed by atoms with Gasteiger partial charge in [0.05, 0.1) is 45.4 Å². The average molecular weight is 446 g/mol. The fraction of sp³-hybridized carbons (Fsp3) is 0.364. The van der Waals surface area contributed by atoms with Gasteiger partial charge < -0.3 is 23.7 Å². The molecular formula is C22H27N3O5S. The van der Waals surface area contributed by atoms with Crippen LogP contribution in [-0.2, 0) is 17.9 Å². The predicted octanol–water partition coefficient (Wildman–Crippen LogP) is 3.72. The monoisotopic (exact) mass is 445 g/mol. The SMILES string of the molecule is C=CCn1c(SCC(O)COCc2ccc(OC)c(OC)c2)nnc1-c1ccoc1C. The first-order valence-electron chi connectivity index (χ1n) is 9.75. The molecule has 0 aliphatic carbocycles. The zero-order valence-electron chi connectivity index (χ0n) is 17.9. The maximum absolute atomic E-state index is 10.3. The van der Waals surface area contributed by atoms with E-state index in [0.717, 1.165) is 16.9 Å². The molecule has 2 aromatic heterocycles. The molecule has 3 aromatic rings. The summed E-state index contributed by atoms with van der Waals surface area (Å²) in [6, 6.07) is 7.45. The van der Waals surface area contributed by atoms with Crippen molar-refractivity contribution in [2.24, 2.45) is 0 Å². The second kappa shape index (κ2) is 11.0. The first-order valence-corrected chi connectivity index (χ1v) is 10.7. The Hall–Kier alpha value is -2.75. The van der Waals surface area contributed by atoms with Crippen LogP contribution in [0.2, 0.25) is 0 Å². The molecule has 0 saturated heterocycles. The molecule has 0 amide bonds. The second-order valence-electron chi connectivity index (χ2n) is 6.77. The van der Waals surface area contributed by atoms with Crippen LogP contribution in [0.5, 0.6) is 11.5 Å². The van der Waals surface area contributed by atoms with Gasteiger partial charge in [-0.2, -0.15) is 0 Å². The van der Waals surface area contributed by atoms with E-state index in [9.17, 15) is 5.11 Å². The summed E-state index contributed by atoms with van der Waals surface area (Å²) in [7, 11) is 3.19. The van der Waals surface area contributed by atoms with Gasteiger partial charge in [-0.1, -0.05) is 23.9 Å². The minimum Gasteiger partial charge on any atom is -0.493 e. The Kier molecular flexibility index (Phi) is 8.16. The van der Waals surface area contributed by atoms with Crippen LogP contribution in [-0.4, -0.2) is 52.6 Å². The molecule has 0 aliphatic rings. The Morgan fingerprint density at radius 3 is 2.71 bits per heavy atom. The lowest BCUT2D eigenvalue weighted by Gasteiger charge is -2.13. The standard InChI is InChI=1S/C22H27N3O5S/c1-5-9-25-21(18-8-10-30-15(18)2)23-24-22(25)31-14-17(26)13-29-12-16-6-7-19(27-3)20(11-16)28-4/h5-8,10-11,17,26H,1,9,12-14H2,2-4H3. The number of nitrogens with zero attached hydrogens (tertiary/aromatic N) is 3. The van der Waals surface area contributed by atoms with Gasteiger partial charge in [0.2, 0.25) is 0 Å². The van der Waals surface area contributed by atoms with Gasteiger partial charge in [0.15, 0.2) is 22.5 Å². The first kappa shape index (κ1) is 22.9. The summed E-state index contributed by atoms with van der Waals surface area (Å²) in [6.45, 7) is 6.81. The molecule has 1 unspecified atom stereocenters. The number of furan rings is 1. The van der Waals surface area contributed by atoms with E-state index in [1.807, 2.05) is 35.8 Å². The first-order chi connectivity index (χ1) is 15.1. The molecule has 0 bridgehead atoms. The molecule has 1 aromatic carbocycles. The minimum atomic E-state index is -0.655. The van der Waals surface area contributed by atoms with Crippen LogP contribution in [0.4, 0.5) is 0 Å². The van der Waals surface area contributed by atoms with E-state index in [2.05, 4.69) is 16.8 Å². The van der Waals surface area contributed by atoms with Crippen molar-refractivity contribution < 1.29 is 23.7 Å². The molecule has 166 valence electrons. The van der Waals surface area contributed by atoms with Crippen molar-refractivity contribution in [1.29, 1.82) is 0 Å². The van der Waals surface area contributed by atoms with Crippen molar-refractivity contribution in [2.45, 2.75) is 31.3 Å². The molecule has 0 saturated carbocycles. The molecule has 0 spiro atoms. The van der Waals surface area contributed by atoms with Crippen LogP contribution in [0, 0.1) is 6.92 Å². The molecular weight excluding hydrogens is 418 g/mol. The van der Waals surface area contributed by atoms with Gasteiger partial charge in [0.1, 0.15) is 5.76 Å². The Balaban J connectivity index is 1.54. The number of allylic oxidation sites excluding steroid dienone is 1. The maximum atomic E-state index is 10.3. The number of hydrogen-bond acceptors (Lipinski definition) is 8. The number of methoxy groups -OCH3 is 2. The van der Waals surface area contributed by atoms with Gasteiger partial charge in [-0.25, -0.2) is 0 Å². The number of aliphatic hydroxyl groups excluding tert-OH is 1. The lowest BCUT2D eigenvalue weighted by Crippen LogP contribution is -2.18. The van der Waals surface area contributed by atoms with E-state index in [0.29, 0.717) is 41.4 Å². The number of rotatable bonds is 12. The number of thioether (sulfide) groups is 1. The van der Waals surface area contributed by atoms with Crippen molar-refractivity contribution >= 4 is 11.8 Å². The van der Waals surface area contributed by atoms with Crippen molar-refractivity contribution in [2.75, 3.05) is 26.6 Å². The highest BCUT2D eigenvalue weighted by Crippen LogP contribution is 2.29. The van der Waals surface area contributed by atoms with Crippen LogP contribution in [0.25, 0.3) is 11.4 Å². The number of aliphatic hydroxyl groups is 1. The third-order valence-electron chi connectivity index (χ3n) is 4.56.